The standard InChI is InChI=1S/C6H7N3OS2/c1-2-10-6(11)12-5-3-4-7-9-8-5/h3-4H,2H2,1H3. The van der Waals surface area contributed by atoms with Crippen LogP contribution in [0, 0.1) is 0 Å². The van der Waals surface area contributed by atoms with Gasteiger partial charge in [-0.05, 0) is 42.2 Å². The number of thioether (sulfide) groups is 1. The Labute approximate surface area is 79.7 Å². The molecule has 0 aliphatic heterocycles. The van der Waals surface area contributed by atoms with Crippen LogP contribution in [0.2, 0.25) is 0 Å². The van der Waals surface area contributed by atoms with E-state index in [1.165, 1.54) is 11.8 Å². The maximum atomic E-state index is 5.05. The first-order valence-corrected chi connectivity index (χ1v) is 4.54. The lowest BCUT2D eigenvalue weighted by Crippen LogP contribution is -1.97. The van der Waals surface area contributed by atoms with E-state index in [0.717, 1.165) is 0 Å². The SMILES string of the molecule is CCOC(=S)Sc1ccnnn1. The molecule has 1 heterocycles. The van der Waals surface area contributed by atoms with E-state index < -0.39 is 0 Å². The molecule has 0 spiro atoms. The molecule has 0 aliphatic carbocycles. The normalized spacial score (nSPS) is 9.42. The van der Waals surface area contributed by atoms with E-state index in [1.54, 1.807) is 12.3 Å². The first-order chi connectivity index (χ1) is 5.83. The highest BCUT2D eigenvalue weighted by atomic mass is 32.2. The molecule has 0 amide bonds. The quantitative estimate of drug-likeness (QED) is 0.530. The second-order valence-corrected chi connectivity index (χ2v) is 3.37. The van der Waals surface area contributed by atoms with Crippen molar-refractivity contribution in [2.24, 2.45) is 0 Å². The predicted molar refractivity (Wildman–Crippen MR) is 49.9 cm³/mol. The van der Waals surface area contributed by atoms with Crippen molar-refractivity contribution in [2.45, 2.75) is 11.9 Å². The van der Waals surface area contributed by atoms with Crippen LogP contribution in [0.1, 0.15) is 6.92 Å². The molecular formula is C6H7N3OS2. The molecular weight excluding hydrogens is 194 g/mol. The summed E-state index contributed by atoms with van der Waals surface area (Å²) >= 11 is 6.15. The molecule has 6 heteroatoms. The Morgan fingerprint density at radius 3 is 3.17 bits per heavy atom. The highest BCUT2D eigenvalue weighted by Crippen LogP contribution is 2.15. The fourth-order valence-corrected chi connectivity index (χ4v) is 1.45. The van der Waals surface area contributed by atoms with E-state index in [1.807, 2.05) is 6.92 Å². The molecule has 0 aromatic carbocycles. The zero-order chi connectivity index (χ0) is 8.81. The average Bonchev–Trinajstić information content (AvgIpc) is 2.06. The summed E-state index contributed by atoms with van der Waals surface area (Å²) in [6.07, 6.45) is 1.56. The lowest BCUT2D eigenvalue weighted by molar-refractivity contribution is 0.346. The highest BCUT2D eigenvalue weighted by molar-refractivity contribution is 8.22. The minimum atomic E-state index is 0.456. The first-order valence-electron chi connectivity index (χ1n) is 3.32. The fourth-order valence-electron chi connectivity index (χ4n) is 0.517. The number of ether oxygens (including phenoxy) is 1. The number of rotatable bonds is 2. The fraction of sp³-hybridized carbons (Fsp3) is 0.333. The van der Waals surface area contributed by atoms with Crippen molar-refractivity contribution < 1.29 is 4.74 Å². The van der Waals surface area contributed by atoms with Crippen molar-refractivity contribution in [2.75, 3.05) is 6.61 Å². The summed E-state index contributed by atoms with van der Waals surface area (Å²) in [6.45, 7) is 2.45. The van der Waals surface area contributed by atoms with Crippen LogP contribution >= 0.6 is 24.0 Å². The molecule has 0 atom stereocenters. The van der Waals surface area contributed by atoms with E-state index in [2.05, 4.69) is 15.4 Å². The molecule has 0 aliphatic rings. The zero-order valence-electron chi connectivity index (χ0n) is 6.43. The van der Waals surface area contributed by atoms with Crippen LogP contribution in [0.5, 0.6) is 0 Å². The molecule has 0 N–H and O–H groups in total. The largest absolute Gasteiger partial charge is 0.479 e. The van der Waals surface area contributed by atoms with Gasteiger partial charge in [-0.25, -0.2) is 0 Å². The summed E-state index contributed by atoms with van der Waals surface area (Å²) < 4.78 is 5.51. The van der Waals surface area contributed by atoms with Gasteiger partial charge in [0.25, 0.3) is 0 Å². The Bertz CT molecular complexity index is 254. The molecule has 0 fully saturated rings. The molecule has 0 bridgehead atoms. The van der Waals surface area contributed by atoms with Crippen molar-refractivity contribution in [3.05, 3.63) is 12.3 Å². The number of nitrogens with zero attached hydrogens (tertiary/aromatic N) is 3. The van der Waals surface area contributed by atoms with E-state index in [4.69, 9.17) is 17.0 Å². The van der Waals surface area contributed by atoms with Gasteiger partial charge >= 0.3 is 0 Å². The van der Waals surface area contributed by atoms with Crippen LogP contribution in [0.4, 0.5) is 0 Å². The number of thiocarbonyl (C=S) groups is 1. The maximum Gasteiger partial charge on any atom is 0.226 e. The molecule has 0 saturated heterocycles. The van der Waals surface area contributed by atoms with Gasteiger partial charge in [-0.3, -0.25) is 0 Å². The van der Waals surface area contributed by atoms with Crippen LogP contribution in [0.15, 0.2) is 17.3 Å². The van der Waals surface area contributed by atoms with Gasteiger partial charge in [0, 0.05) is 0 Å². The van der Waals surface area contributed by atoms with Crippen molar-refractivity contribution in [1.82, 2.24) is 15.4 Å². The Morgan fingerprint density at radius 2 is 2.58 bits per heavy atom. The van der Waals surface area contributed by atoms with Crippen LogP contribution in [-0.4, -0.2) is 26.4 Å². The summed E-state index contributed by atoms with van der Waals surface area (Å²) in [5.41, 5.74) is 0. The smallest absolute Gasteiger partial charge is 0.226 e. The zero-order valence-corrected chi connectivity index (χ0v) is 8.06. The summed E-state index contributed by atoms with van der Waals surface area (Å²) in [6, 6.07) is 1.73. The molecule has 1 aromatic heterocycles. The van der Waals surface area contributed by atoms with Gasteiger partial charge in [0.05, 0.1) is 12.8 Å². The topological polar surface area (TPSA) is 47.9 Å². The molecule has 4 nitrogen and oxygen atoms in total. The third-order valence-corrected chi connectivity index (χ3v) is 2.01. The van der Waals surface area contributed by atoms with E-state index in [9.17, 15) is 0 Å². The number of hydrogen-bond donors (Lipinski definition) is 0. The third kappa shape index (κ3) is 3.10. The van der Waals surface area contributed by atoms with E-state index >= 15 is 0 Å². The molecule has 64 valence electrons. The van der Waals surface area contributed by atoms with Gasteiger partial charge in [0.2, 0.25) is 4.38 Å². The highest BCUT2D eigenvalue weighted by Gasteiger charge is 2.01. The van der Waals surface area contributed by atoms with E-state index in [-0.39, 0.29) is 0 Å². The Morgan fingerprint density at radius 1 is 1.75 bits per heavy atom. The van der Waals surface area contributed by atoms with Gasteiger partial charge in [-0.2, -0.15) is 0 Å². The van der Waals surface area contributed by atoms with Crippen LogP contribution < -0.4 is 0 Å². The molecule has 1 aromatic rings. The minimum absolute atomic E-state index is 0.456. The Kier molecular flexibility index (Phi) is 3.89. The third-order valence-electron chi connectivity index (χ3n) is 0.929. The van der Waals surface area contributed by atoms with E-state index in [0.29, 0.717) is 16.0 Å². The first kappa shape index (κ1) is 9.34. The summed E-state index contributed by atoms with van der Waals surface area (Å²) in [5.74, 6) is 0. The van der Waals surface area contributed by atoms with Gasteiger partial charge < -0.3 is 4.74 Å². The minimum Gasteiger partial charge on any atom is -0.479 e. The predicted octanol–water partition coefficient (Wildman–Crippen LogP) is 1.29. The van der Waals surface area contributed by atoms with Gasteiger partial charge in [0.1, 0.15) is 5.03 Å². The summed E-state index contributed by atoms with van der Waals surface area (Å²) in [7, 11) is 0. The number of hydrogen-bond acceptors (Lipinski definition) is 6. The maximum absolute atomic E-state index is 5.05. The summed E-state index contributed by atoms with van der Waals surface area (Å²) in [5, 5.41) is 11.4. The van der Waals surface area contributed by atoms with Crippen molar-refractivity contribution >= 4 is 28.4 Å². The second kappa shape index (κ2) is 5.00. The van der Waals surface area contributed by atoms with Crippen molar-refractivity contribution in [1.29, 1.82) is 0 Å². The molecule has 12 heavy (non-hydrogen) atoms. The number of aromatic nitrogens is 3. The monoisotopic (exact) mass is 201 g/mol. The van der Waals surface area contributed by atoms with Crippen molar-refractivity contribution in [3.8, 4) is 0 Å². The van der Waals surface area contributed by atoms with Crippen LogP contribution in [0.25, 0.3) is 0 Å². The average molecular weight is 201 g/mol. The summed E-state index contributed by atoms with van der Waals surface area (Å²) in [4.78, 5) is 0. The molecule has 0 radical (unpaired) electrons. The Hall–Kier alpha value is -0.750. The lowest BCUT2D eigenvalue weighted by Gasteiger charge is -2.01. The second-order valence-electron chi connectivity index (χ2n) is 1.74. The van der Waals surface area contributed by atoms with Crippen molar-refractivity contribution in [3.63, 3.8) is 0 Å². The molecule has 1 rings (SSSR count). The van der Waals surface area contributed by atoms with Crippen LogP contribution in [-0.2, 0) is 4.74 Å². The molecule has 0 unspecified atom stereocenters. The Balaban J connectivity index is 2.47. The van der Waals surface area contributed by atoms with Gasteiger partial charge in [0.15, 0.2) is 0 Å². The van der Waals surface area contributed by atoms with Crippen LogP contribution in [0.3, 0.4) is 0 Å². The van der Waals surface area contributed by atoms with Gasteiger partial charge in [-0.1, -0.05) is 0 Å². The molecule has 0 saturated carbocycles. The van der Waals surface area contributed by atoms with Gasteiger partial charge in [-0.15, -0.1) is 10.2 Å². The lowest BCUT2D eigenvalue weighted by atomic mass is 10.7.